The summed E-state index contributed by atoms with van der Waals surface area (Å²) >= 11 is 1.91. The van der Waals surface area contributed by atoms with Crippen molar-refractivity contribution < 1.29 is 4.79 Å². The minimum Gasteiger partial charge on any atom is -0.369 e. The predicted molar refractivity (Wildman–Crippen MR) is 78.6 cm³/mol. The highest BCUT2D eigenvalue weighted by Crippen LogP contribution is 2.19. The molecule has 0 bridgehead atoms. The van der Waals surface area contributed by atoms with Gasteiger partial charge in [-0.05, 0) is 6.42 Å². The van der Waals surface area contributed by atoms with Gasteiger partial charge in [0.05, 0.1) is 12.4 Å². The molecule has 5 nitrogen and oxygen atoms in total. The van der Waals surface area contributed by atoms with Crippen molar-refractivity contribution in [1.29, 1.82) is 0 Å². The van der Waals surface area contributed by atoms with Crippen molar-refractivity contribution in [2.45, 2.75) is 25.5 Å². The third kappa shape index (κ3) is 3.83. The lowest BCUT2D eigenvalue weighted by molar-refractivity contribution is 0.0757. The quantitative estimate of drug-likeness (QED) is 0.912. The largest absolute Gasteiger partial charge is 0.369 e. The van der Waals surface area contributed by atoms with Gasteiger partial charge in [-0.15, -0.1) is 0 Å². The van der Waals surface area contributed by atoms with Gasteiger partial charge in [-0.1, -0.05) is 13.8 Å². The number of rotatable bonds is 4. The molecule has 1 amide bonds. The lowest BCUT2D eigenvalue weighted by atomic mass is 10.3. The van der Waals surface area contributed by atoms with Gasteiger partial charge in [0.25, 0.3) is 5.91 Å². The second kappa shape index (κ2) is 6.75. The summed E-state index contributed by atoms with van der Waals surface area (Å²) < 4.78 is 0. The van der Waals surface area contributed by atoms with E-state index in [9.17, 15) is 4.79 Å². The van der Waals surface area contributed by atoms with Crippen LogP contribution in [-0.4, -0.2) is 51.4 Å². The van der Waals surface area contributed by atoms with Crippen LogP contribution in [0.3, 0.4) is 0 Å². The van der Waals surface area contributed by atoms with Crippen LogP contribution < -0.4 is 5.32 Å². The molecule has 1 N–H and O–H groups in total. The van der Waals surface area contributed by atoms with Crippen molar-refractivity contribution in [3.8, 4) is 0 Å². The van der Waals surface area contributed by atoms with E-state index < -0.39 is 0 Å². The molecule has 1 saturated heterocycles. The summed E-state index contributed by atoms with van der Waals surface area (Å²) in [5.41, 5.74) is 0.431. The Morgan fingerprint density at radius 3 is 3.16 bits per heavy atom. The summed E-state index contributed by atoms with van der Waals surface area (Å²) in [6.45, 7) is 6.65. The third-order valence-corrected chi connectivity index (χ3v) is 4.07. The van der Waals surface area contributed by atoms with Gasteiger partial charge in [0.1, 0.15) is 11.5 Å². The van der Waals surface area contributed by atoms with Crippen LogP contribution in [0.5, 0.6) is 0 Å². The Morgan fingerprint density at radius 1 is 1.58 bits per heavy atom. The van der Waals surface area contributed by atoms with E-state index >= 15 is 0 Å². The van der Waals surface area contributed by atoms with E-state index in [0.29, 0.717) is 16.8 Å². The first-order valence-corrected chi connectivity index (χ1v) is 7.72. The zero-order valence-corrected chi connectivity index (χ0v) is 12.2. The number of carbonyl (C=O) groups is 1. The Hall–Kier alpha value is -1.30. The number of nitrogens with one attached hydrogen (secondary N) is 1. The van der Waals surface area contributed by atoms with Gasteiger partial charge in [-0.25, -0.2) is 4.98 Å². The molecular weight excluding hydrogens is 260 g/mol. The minimum atomic E-state index is -0.0141. The van der Waals surface area contributed by atoms with E-state index in [1.54, 1.807) is 12.4 Å². The fourth-order valence-corrected chi connectivity index (χ4v) is 2.99. The Labute approximate surface area is 118 Å². The van der Waals surface area contributed by atoms with Crippen LogP contribution in [0.25, 0.3) is 0 Å². The summed E-state index contributed by atoms with van der Waals surface area (Å²) in [4.78, 5) is 22.7. The van der Waals surface area contributed by atoms with E-state index in [4.69, 9.17) is 0 Å². The Morgan fingerprint density at radius 2 is 2.42 bits per heavy atom. The second-order valence-corrected chi connectivity index (χ2v) is 6.20. The molecule has 2 heterocycles. The standard InChI is InChI=1S/C13H20N4OS/c1-3-4-15-12-8-14-7-11(16-12)13(18)17-5-6-19-10(2)9-17/h7-8,10H,3-6,9H2,1-2H3,(H,15,16). The van der Waals surface area contributed by atoms with Crippen LogP contribution >= 0.6 is 11.8 Å². The van der Waals surface area contributed by atoms with Crippen LogP contribution in [0.4, 0.5) is 5.82 Å². The third-order valence-electron chi connectivity index (χ3n) is 2.94. The van der Waals surface area contributed by atoms with Crippen LogP contribution in [-0.2, 0) is 0 Å². The van der Waals surface area contributed by atoms with Gasteiger partial charge in [-0.3, -0.25) is 9.78 Å². The molecule has 104 valence electrons. The molecule has 0 radical (unpaired) electrons. The average Bonchev–Trinajstić information content (AvgIpc) is 2.44. The first kappa shape index (κ1) is 14.1. The topological polar surface area (TPSA) is 58.1 Å². The molecule has 0 aromatic carbocycles. The van der Waals surface area contributed by atoms with Crippen LogP contribution in [0, 0.1) is 0 Å². The molecule has 6 heteroatoms. The minimum absolute atomic E-state index is 0.0141. The van der Waals surface area contributed by atoms with Gasteiger partial charge < -0.3 is 10.2 Å². The maximum absolute atomic E-state index is 12.4. The summed E-state index contributed by atoms with van der Waals surface area (Å²) in [7, 11) is 0. The second-order valence-electron chi connectivity index (χ2n) is 4.65. The van der Waals surface area contributed by atoms with Gasteiger partial charge >= 0.3 is 0 Å². The average molecular weight is 280 g/mol. The normalized spacial score (nSPS) is 19.3. The summed E-state index contributed by atoms with van der Waals surface area (Å²) in [6.07, 6.45) is 4.22. The molecule has 1 fully saturated rings. The molecule has 0 saturated carbocycles. The Balaban J connectivity index is 2.05. The van der Waals surface area contributed by atoms with Crippen LogP contribution in [0.15, 0.2) is 12.4 Å². The van der Waals surface area contributed by atoms with E-state index in [-0.39, 0.29) is 5.91 Å². The van der Waals surface area contributed by atoms with Crippen molar-refractivity contribution in [1.82, 2.24) is 14.9 Å². The van der Waals surface area contributed by atoms with E-state index in [2.05, 4.69) is 29.1 Å². The Bertz CT molecular complexity index is 440. The lowest BCUT2D eigenvalue weighted by Crippen LogP contribution is -2.41. The number of thioether (sulfide) groups is 1. The number of anilines is 1. The number of amides is 1. The van der Waals surface area contributed by atoms with Crippen LogP contribution in [0.2, 0.25) is 0 Å². The van der Waals surface area contributed by atoms with E-state index in [0.717, 1.165) is 31.8 Å². The highest BCUT2D eigenvalue weighted by atomic mass is 32.2. The Kier molecular flexibility index (Phi) is 5.01. The molecule has 1 aromatic rings. The number of nitrogens with zero attached hydrogens (tertiary/aromatic N) is 3. The molecular formula is C13H20N4OS. The van der Waals surface area contributed by atoms with Crippen molar-refractivity contribution >= 4 is 23.5 Å². The van der Waals surface area contributed by atoms with Crippen LogP contribution in [0.1, 0.15) is 30.8 Å². The fourth-order valence-electron chi connectivity index (χ4n) is 1.97. The predicted octanol–water partition coefficient (Wildman–Crippen LogP) is 1.88. The lowest BCUT2D eigenvalue weighted by Gasteiger charge is -2.30. The molecule has 19 heavy (non-hydrogen) atoms. The summed E-state index contributed by atoms with van der Waals surface area (Å²) in [6, 6.07) is 0. The summed E-state index contributed by atoms with van der Waals surface area (Å²) in [5.74, 6) is 1.65. The highest BCUT2D eigenvalue weighted by molar-refractivity contribution is 7.99. The van der Waals surface area contributed by atoms with Crippen molar-refractivity contribution in [2.24, 2.45) is 0 Å². The monoisotopic (exact) mass is 280 g/mol. The van der Waals surface area contributed by atoms with Crippen molar-refractivity contribution in [3.63, 3.8) is 0 Å². The van der Waals surface area contributed by atoms with E-state index in [1.807, 2.05) is 16.7 Å². The molecule has 1 atom stereocenters. The number of hydrogen-bond donors (Lipinski definition) is 1. The molecule has 1 aromatic heterocycles. The highest BCUT2D eigenvalue weighted by Gasteiger charge is 2.23. The number of carbonyl (C=O) groups excluding carboxylic acids is 1. The van der Waals surface area contributed by atoms with E-state index in [1.165, 1.54) is 0 Å². The molecule has 0 spiro atoms. The molecule has 1 aliphatic heterocycles. The molecule has 1 unspecified atom stereocenters. The SMILES string of the molecule is CCCNc1cncc(C(=O)N2CCSC(C)C2)n1. The molecule has 2 rings (SSSR count). The molecule has 0 aliphatic carbocycles. The summed E-state index contributed by atoms with van der Waals surface area (Å²) in [5, 5.41) is 3.65. The number of aromatic nitrogens is 2. The van der Waals surface area contributed by atoms with Gasteiger partial charge in [0.15, 0.2) is 0 Å². The zero-order chi connectivity index (χ0) is 13.7. The van der Waals surface area contributed by atoms with Gasteiger partial charge in [0.2, 0.25) is 0 Å². The number of hydrogen-bond acceptors (Lipinski definition) is 5. The fraction of sp³-hybridized carbons (Fsp3) is 0.615. The van der Waals surface area contributed by atoms with Crippen molar-refractivity contribution in [3.05, 3.63) is 18.1 Å². The maximum Gasteiger partial charge on any atom is 0.274 e. The van der Waals surface area contributed by atoms with Gasteiger partial charge in [0, 0.05) is 30.6 Å². The van der Waals surface area contributed by atoms with Gasteiger partial charge in [-0.2, -0.15) is 11.8 Å². The molecule has 1 aliphatic rings. The van der Waals surface area contributed by atoms with Crippen molar-refractivity contribution in [2.75, 3.05) is 30.7 Å². The first-order chi connectivity index (χ1) is 9.20. The smallest absolute Gasteiger partial charge is 0.274 e. The first-order valence-electron chi connectivity index (χ1n) is 6.67. The zero-order valence-electron chi connectivity index (χ0n) is 11.4. The maximum atomic E-state index is 12.4.